The summed E-state index contributed by atoms with van der Waals surface area (Å²) < 4.78 is 0. The minimum absolute atomic E-state index is 0.0799. The maximum Gasteiger partial charge on any atom is 0.229 e. The predicted molar refractivity (Wildman–Crippen MR) is 43.1 cm³/mol. The lowest BCUT2D eigenvalue weighted by atomic mass is 9.91. The first kappa shape index (κ1) is 7.14. The third kappa shape index (κ3) is 0.959. The normalized spacial score (nSPS) is 25.5. The number of amides is 1. The van der Waals surface area contributed by atoms with Crippen molar-refractivity contribution in [3.63, 3.8) is 0 Å². The van der Waals surface area contributed by atoms with Crippen LogP contribution in [-0.4, -0.2) is 23.9 Å². The standard InChI is InChI=1S/C9H15NO/c1-7(2)9(3-4-9)8(11)10-5-6-10/h7H,3-6H2,1-2H3. The molecule has 1 amide bonds. The second-order valence-electron chi connectivity index (χ2n) is 4.10. The molecule has 2 rings (SSSR count). The van der Waals surface area contributed by atoms with Gasteiger partial charge in [-0.25, -0.2) is 0 Å². The summed E-state index contributed by atoms with van der Waals surface area (Å²) in [5.74, 6) is 0.961. The molecule has 2 nitrogen and oxygen atoms in total. The van der Waals surface area contributed by atoms with Gasteiger partial charge in [-0.05, 0) is 18.8 Å². The minimum Gasteiger partial charge on any atom is -0.339 e. The van der Waals surface area contributed by atoms with Crippen LogP contribution in [0.1, 0.15) is 26.7 Å². The zero-order valence-electron chi connectivity index (χ0n) is 7.26. The van der Waals surface area contributed by atoms with Crippen LogP contribution in [0, 0.1) is 11.3 Å². The average molecular weight is 153 g/mol. The number of nitrogens with zero attached hydrogens (tertiary/aromatic N) is 1. The molecule has 0 N–H and O–H groups in total. The van der Waals surface area contributed by atoms with Crippen LogP contribution in [0.25, 0.3) is 0 Å². The summed E-state index contributed by atoms with van der Waals surface area (Å²) in [4.78, 5) is 13.6. The van der Waals surface area contributed by atoms with Gasteiger partial charge in [-0.15, -0.1) is 0 Å². The molecule has 2 fully saturated rings. The van der Waals surface area contributed by atoms with Crippen molar-refractivity contribution in [2.24, 2.45) is 11.3 Å². The van der Waals surface area contributed by atoms with Crippen molar-refractivity contribution in [1.29, 1.82) is 0 Å². The van der Waals surface area contributed by atoms with E-state index in [9.17, 15) is 4.79 Å². The number of hydrogen-bond donors (Lipinski definition) is 0. The summed E-state index contributed by atoms with van der Waals surface area (Å²) in [6.45, 7) is 6.34. The van der Waals surface area contributed by atoms with E-state index < -0.39 is 0 Å². The maximum absolute atomic E-state index is 11.7. The molecule has 0 bridgehead atoms. The summed E-state index contributed by atoms with van der Waals surface area (Å²) in [5, 5.41) is 0. The predicted octanol–water partition coefficient (Wildman–Crippen LogP) is 1.26. The van der Waals surface area contributed by atoms with Crippen molar-refractivity contribution in [1.82, 2.24) is 4.90 Å². The second-order valence-corrected chi connectivity index (χ2v) is 4.10. The first-order valence-corrected chi connectivity index (χ1v) is 4.46. The number of carbonyl (C=O) groups is 1. The van der Waals surface area contributed by atoms with Crippen LogP contribution in [0.2, 0.25) is 0 Å². The van der Waals surface area contributed by atoms with Gasteiger partial charge in [-0.1, -0.05) is 13.8 Å². The molecule has 0 aromatic carbocycles. The van der Waals surface area contributed by atoms with E-state index in [0.29, 0.717) is 11.8 Å². The lowest BCUT2D eigenvalue weighted by molar-refractivity contribution is -0.132. The van der Waals surface area contributed by atoms with E-state index in [-0.39, 0.29) is 5.41 Å². The molecule has 1 heterocycles. The van der Waals surface area contributed by atoms with Crippen molar-refractivity contribution in [2.45, 2.75) is 26.7 Å². The fourth-order valence-electron chi connectivity index (χ4n) is 1.74. The molecule has 1 saturated heterocycles. The molecule has 0 aromatic heterocycles. The molecule has 0 spiro atoms. The van der Waals surface area contributed by atoms with Crippen molar-refractivity contribution in [3.05, 3.63) is 0 Å². The molecular formula is C9H15NO. The molecule has 0 unspecified atom stereocenters. The van der Waals surface area contributed by atoms with E-state index in [4.69, 9.17) is 0 Å². The van der Waals surface area contributed by atoms with Crippen LogP contribution in [0.15, 0.2) is 0 Å². The Bertz CT molecular complexity index is 190. The largest absolute Gasteiger partial charge is 0.339 e. The summed E-state index contributed by atoms with van der Waals surface area (Å²) in [7, 11) is 0. The third-order valence-electron chi connectivity index (χ3n) is 3.05. The van der Waals surface area contributed by atoms with Crippen molar-refractivity contribution in [3.8, 4) is 0 Å². The molecule has 2 heteroatoms. The Balaban J connectivity index is 2.07. The summed E-state index contributed by atoms with van der Waals surface area (Å²) in [6.07, 6.45) is 2.25. The Hall–Kier alpha value is -0.530. The Labute approximate surface area is 67.6 Å². The minimum atomic E-state index is 0.0799. The highest BCUT2D eigenvalue weighted by Crippen LogP contribution is 2.53. The topological polar surface area (TPSA) is 20.1 Å². The molecule has 1 aliphatic carbocycles. The lowest BCUT2D eigenvalue weighted by Gasteiger charge is -2.18. The van der Waals surface area contributed by atoms with Gasteiger partial charge >= 0.3 is 0 Å². The monoisotopic (exact) mass is 153 g/mol. The molecular weight excluding hydrogens is 138 g/mol. The van der Waals surface area contributed by atoms with E-state index in [1.54, 1.807) is 0 Å². The number of rotatable bonds is 2. The van der Waals surface area contributed by atoms with E-state index in [1.807, 2.05) is 4.90 Å². The van der Waals surface area contributed by atoms with Gasteiger partial charge in [0, 0.05) is 13.1 Å². The van der Waals surface area contributed by atoms with E-state index in [1.165, 1.54) is 0 Å². The molecule has 11 heavy (non-hydrogen) atoms. The molecule has 1 aliphatic heterocycles. The van der Waals surface area contributed by atoms with E-state index in [2.05, 4.69) is 13.8 Å². The zero-order chi connectivity index (χ0) is 8.06. The molecule has 62 valence electrons. The van der Waals surface area contributed by atoms with Gasteiger partial charge in [0.05, 0.1) is 5.41 Å². The van der Waals surface area contributed by atoms with Gasteiger partial charge in [-0.2, -0.15) is 0 Å². The Morgan fingerprint density at radius 2 is 1.91 bits per heavy atom. The van der Waals surface area contributed by atoms with E-state index in [0.717, 1.165) is 25.9 Å². The van der Waals surface area contributed by atoms with Gasteiger partial charge in [-0.3, -0.25) is 4.79 Å². The van der Waals surface area contributed by atoms with Crippen molar-refractivity contribution >= 4 is 5.91 Å². The maximum atomic E-state index is 11.7. The van der Waals surface area contributed by atoms with Crippen LogP contribution in [0.3, 0.4) is 0 Å². The Kier molecular flexibility index (Phi) is 1.29. The van der Waals surface area contributed by atoms with Gasteiger partial charge in [0.2, 0.25) is 5.91 Å². The highest BCUT2D eigenvalue weighted by molar-refractivity contribution is 5.87. The van der Waals surface area contributed by atoms with Crippen LogP contribution >= 0.6 is 0 Å². The van der Waals surface area contributed by atoms with Gasteiger partial charge in [0.1, 0.15) is 0 Å². The fraction of sp³-hybridized carbons (Fsp3) is 0.889. The first-order chi connectivity index (χ1) is 5.17. The quantitative estimate of drug-likeness (QED) is 0.547. The van der Waals surface area contributed by atoms with E-state index >= 15 is 0 Å². The fourth-order valence-corrected chi connectivity index (χ4v) is 1.74. The summed E-state index contributed by atoms with van der Waals surface area (Å²) in [5.41, 5.74) is 0.0799. The van der Waals surface area contributed by atoms with Gasteiger partial charge in [0.25, 0.3) is 0 Å². The molecule has 0 atom stereocenters. The molecule has 0 aromatic rings. The van der Waals surface area contributed by atoms with Crippen LogP contribution in [-0.2, 0) is 4.79 Å². The van der Waals surface area contributed by atoms with Crippen LogP contribution in [0.4, 0.5) is 0 Å². The van der Waals surface area contributed by atoms with Gasteiger partial charge in [0.15, 0.2) is 0 Å². The number of hydrogen-bond acceptors (Lipinski definition) is 1. The molecule has 2 aliphatic rings. The second kappa shape index (κ2) is 1.99. The average Bonchev–Trinajstić information content (AvgIpc) is 2.84. The zero-order valence-corrected chi connectivity index (χ0v) is 7.26. The highest BCUT2D eigenvalue weighted by atomic mass is 16.2. The first-order valence-electron chi connectivity index (χ1n) is 4.46. The van der Waals surface area contributed by atoms with Crippen molar-refractivity contribution in [2.75, 3.05) is 13.1 Å². The lowest BCUT2D eigenvalue weighted by Crippen LogP contribution is -2.28. The van der Waals surface area contributed by atoms with Crippen LogP contribution < -0.4 is 0 Å². The Morgan fingerprint density at radius 1 is 1.36 bits per heavy atom. The van der Waals surface area contributed by atoms with Crippen LogP contribution in [0.5, 0.6) is 0 Å². The summed E-state index contributed by atoms with van der Waals surface area (Å²) in [6, 6.07) is 0. The third-order valence-corrected chi connectivity index (χ3v) is 3.05. The summed E-state index contributed by atoms with van der Waals surface area (Å²) >= 11 is 0. The highest BCUT2D eigenvalue weighted by Gasteiger charge is 2.55. The number of carbonyl (C=O) groups excluding carboxylic acids is 1. The molecule has 0 radical (unpaired) electrons. The SMILES string of the molecule is CC(C)C1(C(=O)N2CC2)CC1. The smallest absolute Gasteiger partial charge is 0.229 e. The van der Waals surface area contributed by atoms with Crippen molar-refractivity contribution < 1.29 is 4.79 Å². The van der Waals surface area contributed by atoms with Gasteiger partial charge < -0.3 is 4.90 Å². The Morgan fingerprint density at radius 3 is 2.18 bits per heavy atom. The molecule has 1 saturated carbocycles.